The fourth-order valence-electron chi connectivity index (χ4n) is 2.61. The van der Waals surface area contributed by atoms with Gasteiger partial charge in [0.15, 0.2) is 6.29 Å². The molecule has 1 aromatic heterocycles. The van der Waals surface area contributed by atoms with E-state index in [-0.39, 0.29) is 0 Å². The van der Waals surface area contributed by atoms with E-state index in [9.17, 15) is 9.59 Å². The molecule has 0 radical (unpaired) electrons. The number of carbonyl (C=O) groups is 2. The Labute approximate surface area is 136 Å². The van der Waals surface area contributed by atoms with E-state index in [1.807, 2.05) is 41.9 Å². The van der Waals surface area contributed by atoms with Crippen molar-refractivity contribution < 1.29 is 14.3 Å². The molecule has 5 nitrogen and oxygen atoms in total. The summed E-state index contributed by atoms with van der Waals surface area (Å²) in [4.78, 5) is 25.7. The van der Waals surface area contributed by atoms with E-state index >= 15 is 0 Å². The van der Waals surface area contributed by atoms with Crippen molar-refractivity contribution in [2.24, 2.45) is 7.05 Å². The maximum atomic E-state index is 12.4. The van der Waals surface area contributed by atoms with Crippen molar-refractivity contribution >= 4 is 23.3 Å². The maximum absolute atomic E-state index is 12.4. The summed E-state index contributed by atoms with van der Waals surface area (Å²) in [6.07, 6.45) is 0.253. The summed E-state index contributed by atoms with van der Waals surface area (Å²) in [6.45, 7) is 7.12. The van der Waals surface area contributed by atoms with E-state index in [1.54, 1.807) is 34.7 Å². The molecule has 2 rings (SSSR count). The lowest BCUT2D eigenvalue weighted by atomic mass is 9.98. The minimum atomic E-state index is -1.11. The van der Waals surface area contributed by atoms with Gasteiger partial charge in [0.2, 0.25) is 0 Å². The lowest BCUT2D eigenvalue weighted by molar-refractivity contribution is -0.117. The van der Waals surface area contributed by atoms with Crippen molar-refractivity contribution in [1.29, 1.82) is 0 Å². The van der Waals surface area contributed by atoms with Crippen molar-refractivity contribution in [2.45, 2.75) is 38.8 Å². The molecule has 0 N–H and O–H groups in total. The monoisotopic (exact) mass is 316 g/mol. The number of para-hydroxylation sites is 1. The van der Waals surface area contributed by atoms with Crippen LogP contribution in [0.4, 0.5) is 4.79 Å². The second kappa shape index (κ2) is 5.72. The van der Waals surface area contributed by atoms with Crippen LogP contribution in [-0.2, 0) is 22.1 Å². The molecule has 0 aliphatic rings. The van der Waals surface area contributed by atoms with E-state index in [0.717, 1.165) is 22.9 Å². The van der Waals surface area contributed by atoms with Gasteiger partial charge in [0.05, 0.1) is 5.69 Å². The summed E-state index contributed by atoms with van der Waals surface area (Å²) in [7, 11) is 3.47. The molecule has 0 aliphatic heterocycles. The van der Waals surface area contributed by atoms with Gasteiger partial charge < -0.3 is 14.1 Å². The quantitative estimate of drug-likeness (QED) is 0.815. The lowest BCUT2D eigenvalue weighted by Gasteiger charge is -2.35. The van der Waals surface area contributed by atoms with Crippen LogP contribution in [0, 0.1) is 0 Å². The third kappa shape index (κ3) is 3.09. The minimum absolute atomic E-state index is 0.530. The molecule has 0 saturated carbocycles. The molecule has 2 aromatic rings. The molecule has 0 aliphatic carbocycles. The van der Waals surface area contributed by atoms with E-state index in [0.29, 0.717) is 0 Å². The van der Waals surface area contributed by atoms with Crippen molar-refractivity contribution in [3.8, 4) is 0 Å². The van der Waals surface area contributed by atoms with Gasteiger partial charge in [-0.2, -0.15) is 0 Å². The van der Waals surface area contributed by atoms with E-state index in [2.05, 4.69) is 0 Å². The molecule has 1 amide bonds. The van der Waals surface area contributed by atoms with Gasteiger partial charge in [-0.1, -0.05) is 18.2 Å². The predicted octanol–water partition coefficient (Wildman–Crippen LogP) is 3.46. The second-order valence-electron chi connectivity index (χ2n) is 6.95. The van der Waals surface area contributed by atoms with Crippen LogP contribution in [0.15, 0.2) is 30.3 Å². The zero-order valence-electron chi connectivity index (χ0n) is 14.6. The van der Waals surface area contributed by atoms with Gasteiger partial charge in [-0.3, -0.25) is 4.90 Å². The molecular formula is C18H24N2O3. The Morgan fingerprint density at radius 2 is 1.83 bits per heavy atom. The van der Waals surface area contributed by atoms with Crippen LogP contribution >= 0.6 is 0 Å². The number of aromatic nitrogens is 1. The van der Waals surface area contributed by atoms with Crippen molar-refractivity contribution in [3.05, 3.63) is 36.0 Å². The average Bonchev–Trinajstić information content (AvgIpc) is 2.82. The molecule has 124 valence electrons. The number of hydrogen-bond donors (Lipinski definition) is 0. The third-order valence-corrected chi connectivity index (χ3v) is 4.06. The lowest BCUT2D eigenvalue weighted by Crippen LogP contribution is -2.49. The van der Waals surface area contributed by atoms with Gasteiger partial charge in [0, 0.05) is 19.6 Å². The molecule has 1 atom stereocenters. The van der Waals surface area contributed by atoms with Crippen molar-refractivity contribution in [3.63, 3.8) is 0 Å². The molecule has 5 heteroatoms. The highest BCUT2D eigenvalue weighted by Gasteiger charge is 2.39. The Morgan fingerprint density at radius 1 is 1.22 bits per heavy atom. The standard InChI is InChI=1S/C18H24N2O3/c1-17(2,3)23-16(22)20(6)18(4,12-21)15-11-13-9-7-8-10-14(13)19(15)5/h7-12H,1-6H3. The number of amides is 1. The zero-order valence-corrected chi connectivity index (χ0v) is 14.6. The molecule has 0 spiro atoms. The topological polar surface area (TPSA) is 51.5 Å². The Balaban J connectivity index is 2.48. The summed E-state index contributed by atoms with van der Waals surface area (Å²) in [5.74, 6) is 0. The number of carbonyl (C=O) groups excluding carboxylic acids is 2. The first kappa shape index (κ1) is 17.1. The summed E-state index contributed by atoms with van der Waals surface area (Å²) >= 11 is 0. The van der Waals surface area contributed by atoms with Crippen LogP contribution in [-0.4, -0.2) is 34.5 Å². The summed E-state index contributed by atoms with van der Waals surface area (Å²) in [6, 6.07) is 9.80. The number of benzene rings is 1. The number of fused-ring (bicyclic) bond motifs is 1. The van der Waals surface area contributed by atoms with Gasteiger partial charge in [-0.25, -0.2) is 4.79 Å². The maximum Gasteiger partial charge on any atom is 0.411 e. The van der Waals surface area contributed by atoms with Crippen LogP contribution in [0.5, 0.6) is 0 Å². The van der Waals surface area contributed by atoms with Crippen LogP contribution < -0.4 is 0 Å². The molecule has 1 heterocycles. The summed E-state index contributed by atoms with van der Waals surface area (Å²) < 4.78 is 7.34. The Morgan fingerprint density at radius 3 is 2.35 bits per heavy atom. The number of aldehydes is 1. The largest absolute Gasteiger partial charge is 0.444 e. The zero-order chi connectivity index (χ0) is 17.4. The van der Waals surface area contributed by atoms with Crippen molar-refractivity contribution in [2.75, 3.05) is 7.05 Å². The van der Waals surface area contributed by atoms with Crippen LogP contribution in [0.1, 0.15) is 33.4 Å². The van der Waals surface area contributed by atoms with Crippen LogP contribution in [0.3, 0.4) is 0 Å². The van der Waals surface area contributed by atoms with Gasteiger partial charge in [0.25, 0.3) is 0 Å². The van der Waals surface area contributed by atoms with Gasteiger partial charge in [-0.05, 0) is 45.2 Å². The van der Waals surface area contributed by atoms with Gasteiger partial charge in [0.1, 0.15) is 11.1 Å². The minimum Gasteiger partial charge on any atom is -0.444 e. The Hall–Kier alpha value is -2.30. The number of nitrogens with zero attached hydrogens (tertiary/aromatic N) is 2. The summed E-state index contributed by atoms with van der Waals surface area (Å²) in [5, 5.41) is 1.02. The Kier molecular flexibility index (Phi) is 4.24. The molecule has 0 saturated heterocycles. The number of ether oxygens (including phenoxy) is 1. The van der Waals surface area contributed by atoms with E-state index < -0.39 is 17.2 Å². The predicted molar refractivity (Wildman–Crippen MR) is 90.3 cm³/mol. The number of hydrogen-bond acceptors (Lipinski definition) is 3. The molecule has 0 bridgehead atoms. The fourth-order valence-corrected chi connectivity index (χ4v) is 2.61. The first-order valence-electron chi connectivity index (χ1n) is 7.58. The number of rotatable bonds is 3. The first-order chi connectivity index (χ1) is 10.6. The molecule has 1 unspecified atom stereocenters. The van der Waals surface area contributed by atoms with E-state index in [4.69, 9.17) is 4.74 Å². The second-order valence-corrected chi connectivity index (χ2v) is 6.95. The Bertz CT molecular complexity index is 742. The molecule has 1 aromatic carbocycles. The van der Waals surface area contributed by atoms with Crippen LogP contribution in [0.25, 0.3) is 10.9 Å². The highest BCUT2D eigenvalue weighted by Crippen LogP contribution is 2.31. The normalized spacial score (nSPS) is 14.3. The average molecular weight is 316 g/mol. The fraction of sp³-hybridized carbons (Fsp3) is 0.444. The van der Waals surface area contributed by atoms with E-state index in [1.165, 1.54) is 4.90 Å². The third-order valence-electron chi connectivity index (χ3n) is 4.06. The number of likely N-dealkylation sites (N-methyl/N-ethyl adjacent to an activating group) is 1. The van der Waals surface area contributed by atoms with Crippen molar-refractivity contribution in [1.82, 2.24) is 9.47 Å². The summed E-state index contributed by atoms with van der Waals surface area (Å²) in [5.41, 5.74) is 0.0136. The highest BCUT2D eigenvalue weighted by molar-refractivity contribution is 5.85. The van der Waals surface area contributed by atoms with Crippen LogP contribution in [0.2, 0.25) is 0 Å². The van der Waals surface area contributed by atoms with Gasteiger partial charge >= 0.3 is 6.09 Å². The smallest absolute Gasteiger partial charge is 0.411 e. The SMILES string of the molecule is CN(C(=O)OC(C)(C)C)C(C)(C=O)c1cc2ccccc2n1C. The highest BCUT2D eigenvalue weighted by atomic mass is 16.6. The molecular weight excluding hydrogens is 292 g/mol. The first-order valence-corrected chi connectivity index (χ1v) is 7.58. The van der Waals surface area contributed by atoms with Gasteiger partial charge in [-0.15, -0.1) is 0 Å². The number of aryl methyl sites for hydroxylation is 1. The molecule has 0 fully saturated rings. The molecule has 23 heavy (non-hydrogen) atoms.